The van der Waals surface area contributed by atoms with E-state index in [1.165, 1.54) is 0 Å². The van der Waals surface area contributed by atoms with Crippen LogP contribution in [-0.2, 0) is 12.0 Å². The van der Waals surface area contributed by atoms with Crippen LogP contribution in [0.25, 0.3) is 0 Å². The predicted octanol–water partition coefficient (Wildman–Crippen LogP) is 6.82. The molecule has 0 atom stereocenters. The van der Waals surface area contributed by atoms with Gasteiger partial charge in [-0.3, -0.25) is 4.79 Å². The number of carbonyl (C=O) groups is 1. The lowest BCUT2D eigenvalue weighted by Gasteiger charge is -2.23. The van der Waals surface area contributed by atoms with Gasteiger partial charge in [0.05, 0.1) is 6.61 Å². The zero-order valence-corrected chi connectivity index (χ0v) is 20.5. The van der Waals surface area contributed by atoms with E-state index in [0.717, 1.165) is 31.9 Å². The summed E-state index contributed by atoms with van der Waals surface area (Å²) >= 11 is 2.24. The van der Waals surface area contributed by atoms with Gasteiger partial charge in [-0.1, -0.05) is 39.0 Å². The zero-order valence-electron chi connectivity index (χ0n) is 18.4. The largest absolute Gasteiger partial charge is 0.493 e. The van der Waals surface area contributed by atoms with Crippen LogP contribution in [0.4, 0.5) is 5.69 Å². The Bertz CT molecular complexity index is 1040. The van der Waals surface area contributed by atoms with Gasteiger partial charge in [0, 0.05) is 20.4 Å². The summed E-state index contributed by atoms with van der Waals surface area (Å²) in [5, 5.41) is 2.94. The van der Waals surface area contributed by atoms with Crippen LogP contribution in [0.2, 0.25) is 0 Å². The number of ether oxygens (including phenoxy) is 2. The average Bonchev–Trinajstić information content (AvgIpc) is 2.74. The van der Waals surface area contributed by atoms with Gasteiger partial charge in [0.2, 0.25) is 0 Å². The number of halogens is 1. The SMILES string of the molecule is CCOc1ccc(C(=O)Nc2ccc(I)cc2)cc1COc1ccccc1C(C)(C)C. The molecular weight excluding hydrogens is 501 g/mol. The standard InChI is InChI=1S/C26H28INO3/c1-5-30-23-15-10-18(25(29)28-21-13-11-20(27)12-14-21)16-19(23)17-31-24-9-7-6-8-22(24)26(2,3)4/h6-16H,5,17H2,1-4H3,(H,28,29). The van der Waals surface area contributed by atoms with Gasteiger partial charge in [0.1, 0.15) is 18.1 Å². The number of nitrogens with one attached hydrogen (secondary N) is 1. The maximum absolute atomic E-state index is 12.8. The van der Waals surface area contributed by atoms with E-state index in [1.54, 1.807) is 6.07 Å². The molecule has 0 spiro atoms. The molecule has 0 fully saturated rings. The number of hydrogen-bond donors (Lipinski definition) is 1. The molecule has 0 aromatic heterocycles. The zero-order chi connectivity index (χ0) is 22.4. The molecule has 3 aromatic carbocycles. The Morgan fingerprint density at radius 1 is 0.935 bits per heavy atom. The Kier molecular flexibility index (Phi) is 7.59. The molecule has 0 aliphatic carbocycles. The fraction of sp³-hybridized carbons (Fsp3) is 0.269. The molecule has 0 bridgehead atoms. The number of para-hydroxylation sites is 1. The van der Waals surface area contributed by atoms with Gasteiger partial charge in [-0.25, -0.2) is 0 Å². The van der Waals surface area contributed by atoms with Crippen molar-refractivity contribution in [2.75, 3.05) is 11.9 Å². The lowest BCUT2D eigenvalue weighted by Crippen LogP contribution is -2.14. The molecular formula is C26H28INO3. The van der Waals surface area contributed by atoms with Crippen molar-refractivity contribution in [1.29, 1.82) is 0 Å². The van der Waals surface area contributed by atoms with Crippen molar-refractivity contribution in [3.05, 3.63) is 87.0 Å². The van der Waals surface area contributed by atoms with Crippen LogP contribution in [0.3, 0.4) is 0 Å². The maximum atomic E-state index is 12.8. The number of amides is 1. The molecule has 1 amide bonds. The summed E-state index contributed by atoms with van der Waals surface area (Å²) in [4.78, 5) is 12.8. The fourth-order valence-electron chi connectivity index (χ4n) is 3.23. The highest BCUT2D eigenvalue weighted by atomic mass is 127. The van der Waals surface area contributed by atoms with Gasteiger partial charge in [0.25, 0.3) is 5.91 Å². The van der Waals surface area contributed by atoms with Crippen LogP contribution in [0, 0.1) is 3.57 Å². The Balaban J connectivity index is 1.82. The quantitative estimate of drug-likeness (QED) is 0.342. The third-order valence-electron chi connectivity index (χ3n) is 4.80. The summed E-state index contributed by atoms with van der Waals surface area (Å²) in [6.45, 7) is 9.28. The third-order valence-corrected chi connectivity index (χ3v) is 5.52. The minimum absolute atomic E-state index is 0.0332. The second kappa shape index (κ2) is 10.2. The van der Waals surface area contributed by atoms with Crippen molar-refractivity contribution >= 4 is 34.2 Å². The molecule has 0 heterocycles. The van der Waals surface area contributed by atoms with Gasteiger partial charge in [-0.2, -0.15) is 0 Å². The number of carbonyl (C=O) groups excluding carboxylic acids is 1. The van der Waals surface area contributed by atoms with E-state index in [1.807, 2.05) is 61.5 Å². The first-order chi connectivity index (χ1) is 14.8. The van der Waals surface area contributed by atoms with Crippen molar-refractivity contribution in [1.82, 2.24) is 0 Å². The number of rotatable bonds is 7. The molecule has 0 aliphatic heterocycles. The van der Waals surface area contributed by atoms with Crippen molar-refractivity contribution in [2.24, 2.45) is 0 Å². The number of anilines is 1. The van der Waals surface area contributed by atoms with Crippen LogP contribution in [0.15, 0.2) is 66.7 Å². The molecule has 0 aliphatic rings. The molecule has 0 saturated carbocycles. The summed E-state index contributed by atoms with van der Waals surface area (Å²) < 4.78 is 13.1. The fourth-order valence-corrected chi connectivity index (χ4v) is 3.59. The topological polar surface area (TPSA) is 47.6 Å². The molecule has 3 aromatic rings. The summed E-state index contributed by atoms with van der Waals surface area (Å²) in [5.74, 6) is 1.40. The van der Waals surface area contributed by atoms with E-state index < -0.39 is 0 Å². The molecule has 5 heteroatoms. The highest BCUT2D eigenvalue weighted by Gasteiger charge is 2.19. The molecule has 0 saturated heterocycles. The van der Waals surface area contributed by atoms with E-state index in [-0.39, 0.29) is 11.3 Å². The summed E-state index contributed by atoms with van der Waals surface area (Å²) in [7, 11) is 0. The predicted molar refractivity (Wildman–Crippen MR) is 134 cm³/mol. The first-order valence-corrected chi connectivity index (χ1v) is 11.4. The molecule has 0 radical (unpaired) electrons. The normalized spacial score (nSPS) is 11.1. The van der Waals surface area contributed by atoms with E-state index in [4.69, 9.17) is 9.47 Å². The van der Waals surface area contributed by atoms with Gasteiger partial charge in [0.15, 0.2) is 0 Å². The monoisotopic (exact) mass is 529 g/mol. The maximum Gasteiger partial charge on any atom is 0.255 e. The Morgan fingerprint density at radius 2 is 1.65 bits per heavy atom. The summed E-state index contributed by atoms with van der Waals surface area (Å²) in [6.07, 6.45) is 0. The van der Waals surface area contributed by atoms with E-state index >= 15 is 0 Å². The Morgan fingerprint density at radius 3 is 2.32 bits per heavy atom. The van der Waals surface area contributed by atoms with Crippen molar-refractivity contribution in [2.45, 2.75) is 39.7 Å². The minimum atomic E-state index is -0.166. The smallest absolute Gasteiger partial charge is 0.255 e. The number of benzene rings is 3. The molecule has 4 nitrogen and oxygen atoms in total. The minimum Gasteiger partial charge on any atom is -0.493 e. The van der Waals surface area contributed by atoms with Crippen LogP contribution in [-0.4, -0.2) is 12.5 Å². The second-order valence-electron chi connectivity index (χ2n) is 8.25. The molecule has 1 N–H and O–H groups in total. The van der Waals surface area contributed by atoms with Gasteiger partial charge >= 0.3 is 0 Å². The highest BCUT2D eigenvalue weighted by molar-refractivity contribution is 14.1. The molecule has 162 valence electrons. The van der Waals surface area contributed by atoms with Crippen LogP contribution in [0.1, 0.15) is 49.2 Å². The third kappa shape index (κ3) is 6.23. The lowest BCUT2D eigenvalue weighted by atomic mass is 9.86. The van der Waals surface area contributed by atoms with Gasteiger partial charge in [-0.05, 0) is 89.0 Å². The summed E-state index contributed by atoms with van der Waals surface area (Å²) in [6, 6.07) is 21.2. The van der Waals surface area contributed by atoms with Crippen molar-refractivity contribution in [3.63, 3.8) is 0 Å². The molecule has 31 heavy (non-hydrogen) atoms. The lowest BCUT2D eigenvalue weighted by molar-refractivity contribution is 0.102. The Labute approximate surface area is 198 Å². The second-order valence-corrected chi connectivity index (χ2v) is 9.50. The van der Waals surface area contributed by atoms with Crippen LogP contribution < -0.4 is 14.8 Å². The first-order valence-electron chi connectivity index (χ1n) is 10.3. The molecule has 3 rings (SSSR count). The van der Waals surface area contributed by atoms with Gasteiger partial charge < -0.3 is 14.8 Å². The van der Waals surface area contributed by atoms with Crippen molar-refractivity contribution in [3.8, 4) is 11.5 Å². The van der Waals surface area contributed by atoms with E-state index in [2.05, 4.69) is 54.7 Å². The summed E-state index contributed by atoms with van der Waals surface area (Å²) in [5.41, 5.74) is 3.26. The van der Waals surface area contributed by atoms with E-state index in [9.17, 15) is 4.79 Å². The van der Waals surface area contributed by atoms with Gasteiger partial charge in [-0.15, -0.1) is 0 Å². The van der Waals surface area contributed by atoms with Crippen molar-refractivity contribution < 1.29 is 14.3 Å². The average molecular weight is 529 g/mol. The highest BCUT2D eigenvalue weighted by Crippen LogP contribution is 2.32. The van der Waals surface area contributed by atoms with Crippen LogP contribution in [0.5, 0.6) is 11.5 Å². The van der Waals surface area contributed by atoms with E-state index in [0.29, 0.717) is 18.8 Å². The Hall–Kier alpha value is -2.54. The number of hydrogen-bond acceptors (Lipinski definition) is 3. The first kappa shape index (κ1) is 23.1. The molecule has 0 unspecified atom stereocenters. The van der Waals surface area contributed by atoms with Crippen LogP contribution >= 0.6 is 22.6 Å².